The molecule has 0 bridgehead atoms. The molecular formula is C13H13NO4S2. The number of rotatable bonds is 5. The molecule has 0 radical (unpaired) electrons. The van der Waals surface area contributed by atoms with E-state index in [0.717, 1.165) is 11.9 Å². The Balaban J connectivity index is 2.08. The maximum atomic E-state index is 11.3. The Labute approximate surface area is 120 Å². The molecule has 0 amide bonds. The van der Waals surface area contributed by atoms with Gasteiger partial charge in [-0.05, 0) is 41.3 Å². The molecule has 0 aliphatic carbocycles. The molecule has 2 aromatic rings. The van der Waals surface area contributed by atoms with Crippen molar-refractivity contribution >= 4 is 32.8 Å². The number of sulfone groups is 1. The van der Waals surface area contributed by atoms with E-state index < -0.39 is 15.8 Å². The first-order valence-electron chi connectivity index (χ1n) is 5.71. The minimum atomic E-state index is -3.20. The zero-order valence-corrected chi connectivity index (χ0v) is 12.3. The molecule has 2 N–H and O–H groups in total. The van der Waals surface area contributed by atoms with Crippen LogP contribution in [0, 0.1) is 0 Å². The average Bonchev–Trinajstić information content (AvgIpc) is 2.84. The summed E-state index contributed by atoms with van der Waals surface area (Å²) in [5.74, 6) is -0.941. The fourth-order valence-electron chi connectivity index (χ4n) is 1.68. The molecule has 0 saturated carbocycles. The maximum Gasteiger partial charge on any atom is 0.346 e. The van der Waals surface area contributed by atoms with Crippen molar-refractivity contribution in [1.82, 2.24) is 0 Å². The summed E-state index contributed by atoms with van der Waals surface area (Å²) in [6, 6.07) is 8.10. The van der Waals surface area contributed by atoms with Crippen LogP contribution in [0.5, 0.6) is 0 Å². The van der Waals surface area contributed by atoms with Crippen molar-refractivity contribution in [3.63, 3.8) is 0 Å². The van der Waals surface area contributed by atoms with E-state index in [2.05, 4.69) is 5.32 Å². The van der Waals surface area contributed by atoms with Crippen LogP contribution in [-0.2, 0) is 16.4 Å². The van der Waals surface area contributed by atoms with Crippen molar-refractivity contribution in [3.8, 4) is 0 Å². The number of hydrogen-bond donors (Lipinski definition) is 2. The Bertz CT molecular complexity index is 717. The molecule has 0 unspecified atom stereocenters. The Morgan fingerprint density at radius 2 is 1.90 bits per heavy atom. The van der Waals surface area contributed by atoms with Crippen molar-refractivity contribution in [1.29, 1.82) is 0 Å². The number of hydrogen-bond acceptors (Lipinski definition) is 5. The number of thiophene rings is 1. The van der Waals surface area contributed by atoms with Gasteiger partial charge in [0.2, 0.25) is 0 Å². The van der Waals surface area contributed by atoms with E-state index in [0.29, 0.717) is 17.0 Å². The summed E-state index contributed by atoms with van der Waals surface area (Å²) in [6.07, 6.45) is 1.15. The predicted octanol–water partition coefficient (Wildman–Crippen LogP) is 2.46. The second kappa shape index (κ2) is 5.64. The topological polar surface area (TPSA) is 83.5 Å². The van der Waals surface area contributed by atoms with Crippen LogP contribution in [0.4, 0.5) is 5.69 Å². The minimum Gasteiger partial charge on any atom is -0.477 e. The van der Waals surface area contributed by atoms with Crippen LogP contribution in [0.3, 0.4) is 0 Å². The van der Waals surface area contributed by atoms with E-state index in [1.807, 2.05) is 0 Å². The fourth-order valence-corrected chi connectivity index (χ4v) is 3.07. The van der Waals surface area contributed by atoms with Gasteiger partial charge in [0.15, 0.2) is 9.84 Å². The second-order valence-electron chi connectivity index (χ2n) is 4.23. The number of carboxylic acids is 1. The molecule has 0 aliphatic rings. The molecule has 0 spiro atoms. The van der Waals surface area contributed by atoms with Gasteiger partial charge in [-0.3, -0.25) is 0 Å². The SMILES string of the molecule is CS(=O)(=O)c1ccc(NCc2ccsc2C(=O)O)cc1. The fraction of sp³-hybridized carbons (Fsp3) is 0.154. The molecule has 0 fully saturated rings. The molecule has 1 aromatic carbocycles. The molecular weight excluding hydrogens is 298 g/mol. The monoisotopic (exact) mass is 311 g/mol. The molecule has 0 atom stereocenters. The van der Waals surface area contributed by atoms with Gasteiger partial charge < -0.3 is 10.4 Å². The molecule has 2 rings (SSSR count). The quantitative estimate of drug-likeness (QED) is 0.886. The zero-order valence-electron chi connectivity index (χ0n) is 10.7. The van der Waals surface area contributed by atoms with Gasteiger partial charge in [0.25, 0.3) is 0 Å². The van der Waals surface area contributed by atoms with E-state index in [4.69, 9.17) is 5.11 Å². The van der Waals surface area contributed by atoms with Crippen LogP contribution in [0.15, 0.2) is 40.6 Å². The molecule has 1 heterocycles. The van der Waals surface area contributed by atoms with Crippen molar-refractivity contribution in [2.75, 3.05) is 11.6 Å². The van der Waals surface area contributed by atoms with Gasteiger partial charge >= 0.3 is 5.97 Å². The third-order valence-electron chi connectivity index (χ3n) is 2.71. The first-order valence-corrected chi connectivity index (χ1v) is 8.48. The zero-order chi connectivity index (χ0) is 14.8. The van der Waals surface area contributed by atoms with Crippen LogP contribution < -0.4 is 5.32 Å². The Hall–Kier alpha value is -1.86. The Kier molecular flexibility index (Phi) is 4.10. The largest absolute Gasteiger partial charge is 0.477 e. The summed E-state index contributed by atoms with van der Waals surface area (Å²) >= 11 is 1.18. The smallest absolute Gasteiger partial charge is 0.346 e. The van der Waals surface area contributed by atoms with Crippen molar-refractivity contribution in [2.24, 2.45) is 0 Å². The third-order valence-corrected chi connectivity index (χ3v) is 4.78. The normalized spacial score (nSPS) is 11.2. The molecule has 7 heteroatoms. The predicted molar refractivity (Wildman–Crippen MR) is 78.2 cm³/mol. The Morgan fingerprint density at radius 3 is 2.45 bits per heavy atom. The third kappa shape index (κ3) is 3.37. The van der Waals surface area contributed by atoms with Crippen molar-refractivity contribution < 1.29 is 18.3 Å². The lowest BCUT2D eigenvalue weighted by Gasteiger charge is -2.07. The van der Waals surface area contributed by atoms with Crippen LogP contribution >= 0.6 is 11.3 Å². The lowest BCUT2D eigenvalue weighted by Crippen LogP contribution is -2.04. The van der Waals surface area contributed by atoms with Crippen LogP contribution in [0.25, 0.3) is 0 Å². The molecule has 106 valence electrons. The first-order chi connectivity index (χ1) is 9.38. The average molecular weight is 311 g/mol. The molecule has 20 heavy (non-hydrogen) atoms. The van der Waals surface area contributed by atoms with Crippen LogP contribution in [0.2, 0.25) is 0 Å². The summed E-state index contributed by atoms with van der Waals surface area (Å²) < 4.78 is 22.6. The number of nitrogens with one attached hydrogen (secondary N) is 1. The van der Waals surface area contributed by atoms with Gasteiger partial charge in [-0.25, -0.2) is 13.2 Å². The first kappa shape index (κ1) is 14.5. The summed E-state index contributed by atoms with van der Waals surface area (Å²) in [5.41, 5.74) is 1.44. The standard InChI is InChI=1S/C13H13NO4S2/c1-20(17,18)11-4-2-10(3-5-11)14-8-9-6-7-19-12(9)13(15)16/h2-7,14H,8H2,1H3,(H,15,16). The van der Waals surface area contributed by atoms with E-state index in [9.17, 15) is 13.2 Å². The van der Waals surface area contributed by atoms with Gasteiger partial charge in [-0.2, -0.15) is 0 Å². The summed E-state index contributed by atoms with van der Waals surface area (Å²) in [4.78, 5) is 11.5. The molecule has 1 aromatic heterocycles. The number of anilines is 1. The Morgan fingerprint density at radius 1 is 1.25 bits per heavy atom. The van der Waals surface area contributed by atoms with E-state index in [1.54, 1.807) is 23.6 Å². The van der Waals surface area contributed by atoms with E-state index in [-0.39, 0.29) is 4.90 Å². The highest BCUT2D eigenvalue weighted by Crippen LogP contribution is 2.19. The number of carboxylic acid groups (broad SMARTS) is 1. The van der Waals surface area contributed by atoms with Crippen molar-refractivity contribution in [2.45, 2.75) is 11.4 Å². The second-order valence-corrected chi connectivity index (χ2v) is 7.16. The molecule has 0 saturated heterocycles. The van der Waals surface area contributed by atoms with E-state index in [1.165, 1.54) is 23.5 Å². The van der Waals surface area contributed by atoms with Crippen molar-refractivity contribution in [3.05, 3.63) is 46.2 Å². The summed E-state index contributed by atoms with van der Waals surface area (Å²) in [5, 5.41) is 13.8. The van der Waals surface area contributed by atoms with Gasteiger partial charge in [-0.15, -0.1) is 11.3 Å². The lowest BCUT2D eigenvalue weighted by atomic mass is 10.2. The van der Waals surface area contributed by atoms with Crippen LogP contribution in [-0.4, -0.2) is 25.7 Å². The van der Waals surface area contributed by atoms with Gasteiger partial charge in [-0.1, -0.05) is 0 Å². The number of carbonyl (C=O) groups is 1. The van der Waals surface area contributed by atoms with Gasteiger partial charge in [0, 0.05) is 18.5 Å². The summed E-state index contributed by atoms with van der Waals surface area (Å²) in [7, 11) is -3.20. The lowest BCUT2D eigenvalue weighted by molar-refractivity contribution is 0.0701. The maximum absolute atomic E-state index is 11.3. The highest BCUT2D eigenvalue weighted by Gasteiger charge is 2.11. The molecule has 0 aliphatic heterocycles. The van der Waals surface area contributed by atoms with E-state index >= 15 is 0 Å². The number of benzene rings is 1. The van der Waals surface area contributed by atoms with Gasteiger partial charge in [0.1, 0.15) is 4.88 Å². The number of aromatic carboxylic acids is 1. The van der Waals surface area contributed by atoms with Gasteiger partial charge in [0.05, 0.1) is 4.90 Å². The highest BCUT2D eigenvalue weighted by atomic mass is 32.2. The van der Waals surface area contributed by atoms with Crippen LogP contribution in [0.1, 0.15) is 15.2 Å². The highest BCUT2D eigenvalue weighted by molar-refractivity contribution is 7.90. The minimum absolute atomic E-state index is 0.254. The summed E-state index contributed by atoms with van der Waals surface area (Å²) in [6.45, 7) is 0.378. The molecule has 5 nitrogen and oxygen atoms in total.